The van der Waals surface area contributed by atoms with Crippen LogP contribution in [0.1, 0.15) is 50.5 Å². The molecule has 0 unspecified atom stereocenters. The number of hydrogen-bond acceptors (Lipinski definition) is 2. The molecule has 4 nitrogen and oxygen atoms in total. The lowest BCUT2D eigenvalue weighted by Crippen LogP contribution is -2.38. The lowest BCUT2D eigenvalue weighted by molar-refractivity contribution is 0.332. The molecule has 130 valence electrons. The van der Waals surface area contributed by atoms with Gasteiger partial charge in [0.2, 0.25) is 0 Å². The van der Waals surface area contributed by atoms with Crippen LogP contribution in [-0.2, 0) is 6.42 Å². The fraction of sp³-hybridized carbons (Fsp3) is 0.667. The molecular weight excluding hydrogens is 399 g/mol. The largest absolute Gasteiger partial charge is 0.356 e. The average Bonchev–Trinajstić information content (AvgIpc) is 2.59. The maximum atomic E-state index is 4.28. The lowest BCUT2D eigenvalue weighted by atomic mass is 9.86. The average molecular weight is 430 g/mol. The molecule has 1 aromatic rings. The minimum atomic E-state index is 0. The number of aromatic nitrogens is 1. The second-order valence-corrected chi connectivity index (χ2v) is 6.18. The maximum Gasteiger partial charge on any atom is 0.190 e. The molecule has 2 rings (SSSR count). The summed E-state index contributed by atoms with van der Waals surface area (Å²) in [5, 5.41) is 6.79. The Labute approximate surface area is 158 Å². The van der Waals surface area contributed by atoms with Crippen molar-refractivity contribution in [3.8, 4) is 0 Å². The van der Waals surface area contributed by atoms with Crippen molar-refractivity contribution in [2.24, 2.45) is 10.9 Å². The number of nitrogens with zero attached hydrogens (tertiary/aromatic N) is 2. The van der Waals surface area contributed by atoms with Gasteiger partial charge in [-0.2, -0.15) is 0 Å². The Kier molecular flexibility index (Phi) is 11.0. The first kappa shape index (κ1) is 20.2. The standard InChI is InChI=1S/C18H30N4.HI/c1-19-18(22-14-11-17-10-5-12-20-15-17)21-13-6-9-16-7-3-2-4-8-16;/h5,10,12,15-16H,2-4,6-9,11,13-14H2,1H3,(H2,19,21,22);1H. The van der Waals surface area contributed by atoms with E-state index in [2.05, 4.69) is 26.7 Å². The van der Waals surface area contributed by atoms with Gasteiger partial charge in [-0.3, -0.25) is 9.98 Å². The van der Waals surface area contributed by atoms with E-state index in [1.807, 2.05) is 25.5 Å². The first-order valence-corrected chi connectivity index (χ1v) is 8.72. The number of nitrogens with one attached hydrogen (secondary N) is 2. The van der Waals surface area contributed by atoms with Gasteiger partial charge in [0.25, 0.3) is 0 Å². The molecule has 1 heterocycles. The van der Waals surface area contributed by atoms with E-state index in [0.717, 1.165) is 31.4 Å². The minimum absolute atomic E-state index is 0. The quantitative estimate of drug-likeness (QED) is 0.300. The molecule has 5 heteroatoms. The highest BCUT2D eigenvalue weighted by molar-refractivity contribution is 14.0. The molecule has 0 radical (unpaired) electrons. The van der Waals surface area contributed by atoms with Crippen molar-refractivity contribution in [1.29, 1.82) is 0 Å². The first-order chi connectivity index (χ1) is 10.9. The van der Waals surface area contributed by atoms with Crippen LogP contribution in [0.15, 0.2) is 29.5 Å². The Morgan fingerprint density at radius 1 is 1.22 bits per heavy atom. The van der Waals surface area contributed by atoms with Crippen LogP contribution in [0.4, 0.5) is 0 Å². The van der Waals surface area contributed by atoms with Crippen LogP contribution >= 0.6 is 24.0 Å². The van der Waals surface area contributed by atoms with Gasteiger partial charge in [-0.05, 0) is 36.8 Å². The molecule has 1 aromatic heterocycles. The molecule has 1 aliphatic carbocycles. The van der Waals surface area contributed by atoms with E-state index < -0.39 is 0 Å². The van der Waals surface area contributed by atoms with E-state index in [1.165, 1.54) is 50.5 Å². The fourth-order valence-corrected chi connectivity index (χ4v) is 3.17. The van der Waals surface area contributed by atoms with Gasteiger partial charge in [-0.25, -0.2) is 0 Å². The van der Waals surface area contributed by atoms with Crippen molar-refractivity contribution >= 4 is 29.9 Å². The van der Waals surface area contributed by atoms with Crippen molar-refractivity contribution in [2.45, 2.75) is 51.4 Å². The van der Waals surface area contributed by atoms with E-state index in [0.29, 0.717) is 0 Å². The Bertz CT molecular complexity index is 430. The molecule has 1 aliphatic rings. The van der Waals surface area contributed by atoms with Crippen molar-refractivity contribution in [3.05, 3.63) is 30.1 Å². The molecule has 2 N–H and O–H groups in total. The summed E-state index contributed by atoms with van der Waals surface area (Å²) in [5.41, 5.74) is 1.25. The summed E-state index contributed by atoms with van der Waals surface area (Å²) in [7, 11) is 1.83. The Morgan fingerprint density at radius 2 is 2.00 bits per heavy atom. The van der Waals surface area contributed by atoms with Gasteiger partial charge in [0.1, 0.15) is 0 Å². The number of rotatable bonds is 7. The van der Waals surface area contributed by atoms with Gasteiger partial charge in [0.05, 0.1) is 0 Å². The number of halogens is 1. The van der Waals surface area contributed by atoms with Gasteiger partial charge in [0.15, 0.2) is 5.96 Å². The molecule has 0 aliphatic heterocycles. The summed E-state index contributed by atoms with van der Waals surface area (Å²) >= 11 is 0. The van der Waals surface area contributed by atoms with Gasteiger partial charge in [-0.1, -0.05) is 38.2 Å². The zero-order chi connectivity index (χ0) is 15.5. The summed E-state index contributed by atoms with van der Waals surface area (Å²) < 4.78 is 0. The van der Waals surface area contributed by atoms with E-state index in [4.69, 9.17) is 0 Å². The molecule has 0 bridgehead atoms. The maximum absolute atomic E-state index is 4.28. The highest BCUT2D eigenvalue weighted by Gasteiger charge is 2.12. The Balaban J connectivity index is 0.00000264. The summed E-state index contributed by atoms with van der Waals surface area (Å²) in [5.74, 6) is 1.88. The monoisotopic (exact) mass is 430 g/mol. The molecule has 0 atom stereocenters. The SMILES string of the molecule is CN=C(NCCCC1CCCCC1)NCCc1cccnc1.I. The van der Waals surface area contributed by atoms with E-state index in [-0.39, 0.29) is 24.0 Å². The summed E-state index contributed by atoms with van der Waals surface area (Å²) in [6.07, 6.45) is 14.5. The van der Waals surface area contributed by atoms with E-state index in [1.54, 1.807) is 0 Å². The molecule has 0 spiro atoms. The molecule has 0 amide bonds. The van der Waals surface area contributed by atoms with Crippen molar-refractivity contribution in [1.82, 2.24) is 15.6 Å². The van der Waals surface area contributed by atoms with Crippen LogP contribution in [0.2, 0.25) is 0 Å². The Hall–Kier alpha value is -0.850. The van der Waals surface area contributed by atoms with E-state index in [9.17, 15) is 0 Å². The van der Waals surface area contributed by atoms with Crippen LogP contribution < -0.4 is 10.6 Å². The second kappa shape index (κ2) is 12.6. The number of hydrogen-bond donors (Lipinski definition) is 2. The van der Waals surface area contributed by atoms with Crippen LogP contribution in [0, 0.1) is 5.92 Å². The smallest absolute Gasteiger partial charge is 0.190 e. The minimum Gasteiger partial charge on any atom is -0.356 e. The summed E-state index contributed by atoms with van der Waals surface area (Å²) in [6, 6.07) is 4.09. The van der Waals surface area contributed by atoms with Crippen LogP contribution in [0.25, 0.3) is 0 Å². The van der Waals surface area contributed by atoms with E-state index >= 15 is 0 Å². The van der Waals surface area contributed by atoms with Gasteiger partial charge in [0, 0.05) is 32.5 Å². The van der Waals surface area contributed by atoms with Gasteiger partial charge < -0.3 is 10.6 Å². The summed E-state index contributed by atoms with van der Waals surface area (Å²) in [4.78, 5) is 8.42. The number of guanidine groups is 1. The third-order valence-electron chi connectivity index (χ3n) is 4.46. The van der Waals surface area contributed by atoms with Crippen LogP contribution in [0.5, 0.6) is 0 Å². The summed E-state index contributed by atoms with van der Waals surface area (Å²) in [6.45, 7) is 1.90. The molecule has 23 heavy (non-hydrogen) atoms. The molecular formula is C18H31IN4. The van der Waals surface area contributed by atoms with Crippen LogP contribution in [0.3, 0.4) is 0 Å². The predicted octanol–water partition coefficient (Wildman–Crippen LogP) is 3.77. The van der Waals surface area contributed by atoms with Gasteiger partial charge >= 0.3 is 0 Å². The van der Waals surface area contributed by atoms with Crippen molar-refractivity contribution in [3.63, 3.8) is 0 Å². The highest BCUT2D eigenvalue weighted by atomic mass is 127. The number of pyridine rings is 1. The van der Waals surface area contributed by atoms with Crippen LogP contribution in [-0.4, -0.2) is 31.1 Å². The lowest BCUT2D eigenvalue weighted by Gasteiger charge is -2.21. The van der Waals surface area contributed by atoms with Crippen molar-refractivity contribution < 1.29 is 0 Å². The number of aliphatic imine (C=N–C) groups is 1. The fourth-order valence-electron chi connectivity index (χ4n) is 3.17. The highest BCUT2D eigenvalue weighted by Crippen LogP contribution is 2.26. The predicted molar refractivity (Wildman–Crippen MR) is 109 cm³/mol. The first-order valence-electron chi connectivity index (χ1n) is 8.72. The third kappa shape index (κ3) is 8.53. The topological polar surface area (TPSA) is 49.3 Å². The normalized spacial score (nSPS) is 15.8. The van der Waals surface area contributed by atoms with Gasteiger partial charge in [-0.15, -0.1) is 24.0 Å². The molecule has 1 saturated carbocycles. The zero-order valence-electron chi connectivity index (χ0n) is 14.3. The second-order valence-electron chi connectivity index (χ2n) is 6.18. The van der Waals surface area contributed by atoms with Crippen molar-refractivity contribution in [2.75, 3.05) is 20.1 Å². The molecule has 1 fully saturated rings. The Morgan fingerprint density at radius 3 is 2.70 bits per heavy atom. The third-order valence-corrected chi connectivity index (χ3v) is 4.46. The molecule has 0 saturated heterocycles. The molecule has 0 aromatic carbocycles. The zero-order valence-corrected chi connectivity index (χ0v) is 16.6.